The van der Waals surface area contributed by atoms with Crippen LogP contribution in [0.25, 0.3) is 10.9 Å². The van der Waals surface area contributed by atoms with E-state index in [1.807, 2.05) is 6.92 Å². The number of hydrogen-bond acceptors (Lipinski definition) is 4. The summed E-state index contributed by atoms with van der Waals surface area (Å²) >= 11 is 0. The van der Waals surface area contributed by atoms with E-state index in [2.05, 4.69) is 29.0 Å². The molecule has 1 saturated heterocycles. The molecule has 5 nitrogen and oxygen atoms in total. The van der Waals surface area contributed by atoms with Gasteiger partial charge in [-0.25, -0.2) is 9.37 Å². The molecule has 0 saturated carbocycles. The molecule has 3 rings (SSSR count). The van der Waals surface area contributed by atoms with E-state index in [9.17, 15) is 9.18 Å². The van der Waals surface area contributed by atoms with Crippen LogP contribution in [0.15, 0.2) is 23.0 Å². The molecule has 1 aromatic heterocycles. The second-order valence-electron chi connectivity index (χ2n) is 6.81. The van der Waals surface area contributed by atoms with E-state index in [1.54, 1.807) is 16.7 Å². The lowest BCUT2D eigenvalue weighted by Crippen LogP contribution is -2.51. The largest absolute Gasteiger partial charge is 0.312 e. The molecule has 1 aliphatic heterocycles. The van der Waals surface area contributed by atoms with Gasteiger partial charge >= 0.3 is 0 Å². The van der Waals surface area contributed by atoms with Crippen molar-refractivity contribution in [3.05, 3.63) is 40.2 Å². The quantitative estimate of drug-likeness (QED) is 0.904. The molecular weight excluding hydrogens is 319 g/mol. The number of nitrogens with zero attached hydrogens (tertiary/aromatic N) is 3. The normalized spacial score (nSPS) is 20.1. The fourth-order valence-corrected chi connectivity index (χ4v) is 3.78. The average molecular weight is 346 g/mol. The van der Waals surface area contributed by atoms with Crippen molar-refractivity contribution in [1.82, 2.24) is 19.8 Å². The molecule has 0 aliphatic carbocycles. The van der Waals surface area contributed by atoms with Crippen molar-refractivity contribution in [3.8, 4) is 0 Å². The first-order valence-corrected chi connectivity index (χ1v) is 9.23. The molecule has 136 valence electrons. The van der Waals surface area contributed by atoms with Gasteiger partial charge < -0.3 is 5.32 Å². The maximum Gasteiger partial charge on any atom is 0.261 e. The number of benzene rings is 1. The molecule has 1 fully saturated rings. The second kappa shape index (κ2) is 7.62. The zero-order valence-corrected chi connectivity index (χ0v) is 15.3. The number of aromatic nitrogens is 2. The topological polar surface area (TPSA) is 50.2 Å². The van der Waals surface area contributed by atoms with Gasteiger partial charge in [0.15, 0.2) is 0 Å². The van der Waals surface area contributed by atoms with Gasteiger partial charge in [0.25, 0.3) is 5.56 Å². The molecule has 0 amide bonds. The summed E-state index contributed by atoms with van der Waals surface area (Å²) in [6.45, 7) is 9.50. The maximum atomic E-state index is 14.3. The van der Waals surface area contributed by atoms with Crippen molar-refractivity contribution < 1.29 is 4.39 Å². The summed E-state index contributed by atoms with van der Waals surface area (Å²) in [5, 5.41) is 3.80. The van der Waals surface area contributed by atoms with Gasteiger partial charge in [-0.1, -0.05) is 19.4 Å². The third-order valence-electron chi connectivity index (χ3n) is 4.98. The predicted molar refractivity (Wildman–Crippen MR) is 98.3 cm³/mol. The summed E-state index contributed by atoms with van der Waals surface area (Å²) in [7, 11) is 0. The lowest BCUT2D eigenvalue weighted by atomic mass is 10.1. The van der Waals surface area contributed by atoms with E-state index < -0.39 is 5.82 Å². The molecule has 1 aromatic carbocycles. The second-order valence-corrected chi connectivity index (χ2v) is 6.81. The van der Waals surface area contributed by atoms with Gasteiger partial charge in [-0.05, 0) is 32.4 Å². The van der Waals surface area contributed by atoms with Crippen LogP contribution in [0.1, 0.15) is 45.5 Å². The first-order valence-electron chi connectivity index (χ1n) is 9.23. The highest BCUT2D eigenvalue weighted by Crippen LogP contribution is 2.26. The lowest BCUT2D eigenvalue weighted by Gasteiger charge is -2.38. The van der Waals surface area contributed by atoms with Crippen molar-refractivity contribution in [2.75, 3.05) is 19.6 Å². The van der Waals surface area contributed by atoms with Crippen LogP contribution in [0.2, 0.25) is 0 Å². The van der Waals surface area contributed by atoms with Crippen molar-refractivity contribution >= 4 is 10.9 Å². The number of fused-ring (bicyclic) bond motifs is 1. The SMILES string of the molecule is CCC[C@H](c1nc2c(F)cccc2c(=O)n1CC)N1CCN[C@@H](C)C1. The van der Waals surface area contributed by atoms with Gasteiger partial charge in [-0.3, -0.25) is 14.3 Å². The van der Waals surface area contributed by atoms with Crippen LogP contribution in [0.5, 0.6) is 0 Å². The highest BCUT2D eigenvalue weighted by molar-refractivity contribution is 5.78. The van der Waals surface area contributed by atoms with E-state index in [-0.39, 0.29) is 17.1 Å². The zero-order chi connectivity index (χ0) is 18.0. The molecule has 2 aromatic rings. The van der Waals surface area contributed by atoms with Gasteiger partial charge in [-0.15, -0.1) is 0 Å². The van der Waals surface area contributed by atoms with Gasteiger partial charge in [0, 0.05) is 32.2 Å². The minimum absolute atomic E-state index is 0.0335. The Balaban J connectivity index is 2.16. The standard InChI is InChI=1S/C19H27FN4O/c1-4-7-16(23-11-10-21-13(3)12-23)18-22-17-14(8-6-9-15(17)20)19(25)24(18)5-2/h6,8-9,13,16,21H,4-5,7,10-12H2,1-3H3/t13-,16+/m0/s1. The third kappa shape index (κ3) is 3.46. The molecule has 2 atom stereocenters. The Labute approximate surface area is 147 Å². The number of halogens is 1. The maximum absolute atomic E-state index is 14.3. The van der Waals surface area contributed by atoms with E-state index in [1.165, 1.54) is 6.07 Å². The smallest absolute Gasteiger partial charge is 0.261 e. The van der Waals surface area contributed by atoms with E-state index >= 15 is 0 Å². The predicted octanol–water partition coefficient (Wildman–Crippen LogP) is 2.69. The van der Waals surface area contributed by atoms with Crippen molar-refractivity contribution in [2.24, 2.45) is 0 Å². The number of rotatable bonds is 5. The lowest BCUT2D eigenvalue weighted by molar-refractivity contribution is 0.132. The number of hydrogen-bond donors (Lipinski definition) is 1. The third-order valence-corrected chi connectivity index (χ3v) is 4.98. The fourth-order valence-electron chi connectivity index (χ4n) is 3.78. The number of para-hydroxylation sites is 1. The summed E-state index contributed by atoms with van der Waals surface area (Å²) in [5.41, 5.74) is 0.0442. The molecule has 0 radical (unpaired) electrons. The Morgan fingerprint density at radius 2 is 2.20 bits per heavy atom. The molecule has 0 bridgehead atoms. The average Bonchev–Trinajstić information content (AvgIpc) is 2.60. The molecule has 1 N–H and O–H groups in total. The highest BCUT2D eigenvalue weighted by atomic mass is 19.1. The molecule has 0 unspecified atom stereocenters. The molecule has 6 heteroatoms. The Kier molecular flexibility index (Phi) is 5.49. The van der Waals surface area contributed by atoms with E-state index in [4.69, 9.17) is 0 Å². The number of piperazine rings is 1. The summed E-state index contributed by atoms with van der Waals surface area (Å²) in [4.78, 5) is 19.9. The van der Waals surface area contributed by atoms with Crippen LogP contribution in [0, 0.1) is 5.82 Å². The molecule has 25 heavy (non-hydrogen) atoms. The van der Waals surface area contributed by atoms with Gasteiger partial charge in [0.1, 0.15) is 17.2 Å². The van der Waals surface area contributed by atoms with Crippen molar-refractivity contribution in [2.45, 2.75) is 52.2 Å². The van der Waals surface area contributed by atoms with Gasteiger partial charge in [0.2, 0.25) is 0 Å². The van der Waals surface area contributed by atoms with Crippen molar-refractivity contribution in [1.29, 1.82) is 0 Å². The zero-order valence-electron chi connectivity index (χ0n) is 15.3. The van der Waals surface area contributed by atoms with Crippen LogP contribution in [-0.4, -0.2) is 40.1 Å². The molecule has 2 heterocycles. The molecule has 0 spiro atoms. The Bertz CT molecular complexity index is 804. The van der Waals surface area contributed by atoms with E-state index in [0.717, 1.165) is 32.5 Å². The first-order chi connectivity index (χ1) is 12.1. The Morgan fingerprint density at radius 1 is 1.40 bits per heavy atom. The number of nitrogens with one attached hydrogen (secondary N) is 1. The highest BCUT2D eigenvalue weighted by Gasteiger charge is 2.28. The van der Waals surface area contributed by atoms with Crippen molar-refractivity contribution in [3.63, 3.8) is 0 Å². The van der Waals surface area contributed by atoms with Crippen LogP contribution in [0.4, 0.5) is 4.39 Å². The summed E-state index contributed by atoms with van der Waals surface area (Å²) < 4.78 is 16.0. The van der Waals surface area contributed by atoms with Crippen LogP contribution >= 0.6 is 0 Å². The Morgan fingerprint density at radius 3 is 2.88 bits per heavy atom. The fraction of sp³-hybridized carbons (Fsp3) is 0.579. The summed E-state index contributed by atoms with van der Waals surface area (Å²) in [6, 6.07) is 5.03. The monoisotopic (exact) mass is 346 g/mol. The molecular formula is C19H27FN4O. The van der Waals surface area contributed by atoms with Crippen LogP contribution in [0.3, 0.4) is 0 Å². The first kappa shape index (κ1) is 18.0. The minimum atomic E-state index is -0.428. The minimum Gasteiger partial charge on any atom is -0.312 e. The van der Waals surface area contributed by atoms with Crippen LogP contribution < -0.4 is 10.9 Å². The summed E-state index contributed by atoms with van der Waals surface area (Å²) in [6.07, 6.45) is 1.89. The summed E-state index contributed by atoms with van der Waals surface area (Å²) in [5.74, 6) is 0.268. The van der Waals surface area contributed by atoms with E-state index in [0.29, 0.717) is 23.8 Å². The van der Waals surface area contributed by atoms with Gasteiger partial charge in [0.05, 0.1) is 11.4 Å². The Hall–Kier alpha value is -1.79. The van der Waals surface area contributed by atoms with Gasteiger partial charge in [-0.2, -0.15) is 0 Å². The van der Waals surface area contributed by atoms with Crippen LogP contribution in [-0.2, 0) is 6.54 Å². The molecule has 1 aliphatic rings.